The van der Waals surface area contributed by atoms with E-state index in [0.29, 0.717) is 18.5 Å². The van der Waals surface area contributed by atoms with Gasteiger partial charge in [0.15, 0.2) is 11.6 Å². The number of aryl methyl sites for hydroxylation is 1. The number of hydrogen-bond acceptors (Lipinski definition) is 6. The number of carbonyl (C=O) groups excluding carboxylic acids is 1. The smallest absolute Gasteiger partial charge is 0.331 e. The van der Waals surface area contributed by atoms with Crippen molar-refractivity contribution in [3.63, 3.8) is 0 Å². The van der Waals surface area contributed by atoms with Crippen LogP contribution in [0.5, 0.6) is 5.75 Å². The number of ether oxygens (including phenoxy) is 2. The summed E-state index contributed by atoms with van der Waals surface area (Å²) in [5.74, 6) is -2.01. The molecule has 0 aliphatic heterocycles. The van der Waals surface area contributed by atoms with E-state index < -0.39 is 34.7 Å². The first-order valence-corrected chi connectivity index (χ1v) is 13.6. The van der Waals surface area contributed by atoms with Crippen LogP contribution in [0.1, 0.15) is 34.8 Å². The first-order chi connectivity index (χ1) is 20.7. The molecule has 0 unspecified atom stereocenters. The molecule has 1 heterocycles. The zero-order chi connectivity index (χ0) is 31.1. The predicted molar refractivity (Wildman–Crippen MR) is 156 cm³/mol. The van der Waals surface area contributed by atoms with Gasteiger partial charge in [0, 0.05) is 22.4 Å². The van der Waals surface area contributed by atoms with E-state index in [4.69, 9.17) is 9.47 Å². The molecule has 0 bridgehead atoms. The molecule has 0 radical (unpaired) electrons. The molecule has 0 amide bonds. The normalized spacial score (nSPS) is 11.8. The highest BCUT2D eigenvalue weighted by Crippen LogP contribution is 2.29. The van der Waals surface area contributed by atoms with E-state index in [-0.39, 0.29) is 59.9 Å². The molecular weight excluding hydrogens is 563 g/mol. The molecule has 0 aliphatic carbocycles. The van der Waals surface area contributed by atoms with E-state index in [1.807, 2.05) is 0 Å². The quantitative estimate of drug-likeness (QED) is 0.179. The van der Waals surface area contributed by atoms with Crippen molar-refractivity contribution in [1.82, 2.24) is 14.5 Å². The molecule has 226 valence electrons. The van der Waals surface area contributed by atoms with Crippen molar-refractivity contribution in [1.29, 1.82) is 0 Å². The van der Waals surface area contributed by atoms with Gasteiger partial charge >= 0.3 is 5.69 Å². The SMILES string of the molecule is COc1cccc(-c2c(C)n(Cc3c(C)cccc3F)c(=O)n(C[C@H](NCCCOC=O)c3ccccc3F)c2=O)c1F. The Morgan fingerprint density at radius 2 is 1.65 bits per heavy atom. The molecule has 3 aromatic carbocycles. The zero-order valence-electron chi connectivity index (χ0n) is 24.0. The molecular formula is C32H32F3N3O5. The van der Waals surface area contributed by atoms with Crippen LogP contribution in [-0.4, -0.2) is 35.9 Å². The largest absolute Gasteiger partial charge is 0.494 e. The van der Waals surface area contributed by atoms with Gasteiger partial charge in [0.1, 0.15) is 11.6 Å². The van der Waals surface area contributed by atoms with Gasteiger partial charge in [0.05, 0.1) is 38.4 Å². The lowest BCUT2D eigenvalue weighted by atomic mass is 10.0. The van der Waals surface area contributed by atoms with Crippen LogP contribution in [0.3, 0.4) is 0 Å². The topological polar surface area (TPSA) is 91.6 Å². The van der Waals surface area contributed by atoms with Crippen molar-refractivity contribution >= 4 is 6.47 Å². The minimum Gasteiger partial charge on any atom is -0.494 e. The van der Waals surface area contributed by atoms with Gasteiger partial charge in [-0.15, -0.1) is 0 Å². The summed E-state index contributed by atoms with van der Waals surface area (Å²) in [6.45, 7) is 3.32. The number of hydrogen-bond donors (Lipinski definition) is 1. The van der Waals surface area contributed by atoms with Gasteiger partial charge in [-0.25, -0.2) is 18.0 Å². The van der Waals surface area contributed by atoms with E-state index in [1.54, 1.807) is 25.1 Å². The van der Waals surface area contributed by atoms with Crippen molar-refractivity contribution in [2.75, 3.05) is 20.3 Å². The summed E-state index contributed by atoms with van der Waals surface area (Å²) < 4.78 is 57.4. The Kier molecular flexibility index (Phi) is 10.2. The molecule has 1 N–H and O–H groups in total. The molecule has 0 saturated carbocycles. The Balaban J connectivity index is 1.92. The average Bonchev–Trinajstić information content (AvgIpc) is 2.99. The van der Waals surface area contributed by atoms with Crippen LogP contribution in [0.4, 0.5) is 13.2 Å². The molecule has 0 saturated heterocycles. The number of carbonyl (C=O) groups is 1. The van der Waals surface area contributed by atoms with E-state index in [0.717, 1.165) is 4.57 Å². The van der Waals surface area contributed by atoms with Crippen LogP contribution in [0.25, 0.3) is 11.1 Å². The molecule has 0 aliphatic rings. The summed E-state index contributed by atoms with van der Waals surface area (Å²) >= 11 is 0. The van der Waals surface area contributed by atoms with Gasteiger partial charge < -0.3 is 14.8 Å². The summed E-state index contributed by atoms with van der Waals surface area (Å²) in [5, 5.41) is 3.13. The molecule has 8 nitrogen and oxygen atoms in total. The molecule has 11 heteroatoms. The van der Waals surface area contributed by atoms with E-state index in [2.05, 4.69) is 5.32 Å². The van der Waals surface area contributed by atoms with Crippen molar-refractivity contribution in [3.8, 4) is 16.9 Å². The number of methoxy groups -OCH3 is 1. The Morgan fingerprint density at radius 1 is 0.930 bits per heavy atom. The van der Waals surface area contributed by atoms with Crippen LogP contribution in [-0.2, 0) is 22.6 Å². The van der Waals surface area contributed by atoms with Crippen LogP contribution >= 0.6 is 0 Å². The highest BCUT2D eigenvalue weighted by atomic mass is 19.1. The van der Waals surface area contributed by atoms with E-state index in [1.165, 1.54) is 61.1 Å². The monoisotopic (exact) mass is 595 g/mol. The van der Waals surface area contributed by atoms with Crippen molar-refractivity contribution < 1.29 is 27.4 Å². The third-order valence-electron chi connectivity index (χ3n) is 7.35. The lowest BCUT2D eigenvalue weighted by Crippen LogP contribution is -2.45. The average molecular weight is 596 g/mol. The van der Waals surface area contributed by atoms with Crippen LogP contribution in [0.15, 0.2) is 70.3 Å². The minimum absolute atomic E-state index is 0.101. The second-order valence-corrected chi connectivity index (χ2v) is 9.95. The minimum atomic E-state index is -0.878. The van der Waals surface area contributed by atoms with Gasteiger partial charge in [-0.3, -0.25) is 18.7 Å². The lowest BCUT2D eigenvalue weighted by Gasteiger charge is -2.23. The zero-order valence-corrected chi connectivity index (χ0v) is 24.0. The Labute approximate surface area is 246 Å². The molecule has 0 fully saturated rings. The first-order valence-electron chi connectivity index (χ1n) is 13.6. The van der Waals surface area contributed by atoms with Crippen molar-refractivity contribution in [3.05, 3.63) is 121 Å². The predicted octanol–water partition coefficient (Wildman–Crippen LogP) is 4.66. The third-order valence-corrected chi connectivity index (χ3v) is 7.35. The van der Waals surface area contributed by atoms with Crippen molar-refractivity contribution in [2.24, 2.45) is 0 Å². The van der Waals surface area contributed by atoms with E-state index in [9.17, 15) is 23.2 Å². The molecule has 4 aromatic rings. The summed E-state index contributed by atoms with van der Waals surface area (Å²) in [5.41, 5.74) is -0.657. The Hall–Kier alpha value is -4.64. The number of nitrogens with one attached hydrogen (secondary N) is 1. The lowest BCUT2D eigenvalue weighted by molar-refractivity contribution is -0.128. The third kappa shape index (κ3) is 6.72. The maximum absolute atomic E-state index is 15.6. The Morgan fingerprint density at radius 3 is 2.35 bits per heavy atom. The fourth-order valence-electron chi connectivity index (χ4n) is 5.04. The number of rotatable bonds is 13. The maximum Gasteiger partial charge on any atom is 0.331 e. The number of nitrogens with zero attached hydrogens (tertiary/aromatic N) is 2. The molecule has 4 rings (SSSR count). The molecule has 0 spiro atoms. The number of benzene rings is 3. The van der Waals surface area contributed by atoms with Gasteiger partial charge in [0.2, 0.25) is 0 Å². The van der Waals surface area contributed by atoms with Gasteiger partial charge in [-0.05, 0) is 50.6 Å². The molecule has 1 aromatic heterocycles. The van der Waals surface area contributed by atoms with Crippen LogP contribution in [0.2, 0.25) is 0 Å². The van der Waals surface area contributed by atoms with E-state index >= 15 is 4.39 Å². The highest BCUT2D eigenvalue weighted by Gasteiger charge is 2.25. The number of aromatic nitrogens is 2. The van der Waals surface area contributed by atoms with Crippen LogP contribution in [0, 0.1) is 31.3 Å². The molecule has 1 atom stereocenters. The van der Waals surface area contributed by atoms with Gasteiger partial charge in [-0.1, -0.05) is 42.5 Å². The van der Waals surface area contributed by atoms with Gasteiger partial charge in [-0.2, -0.15) is 0 Å². The summed E-state index contributed by atoms with van der Waals surface area (Å²) in [4.78, 5) is 38.6. The fourth-order valence-corrected chi connectivity index (χ4v) is 5.04. The Bertz CT molecular complexity index is 1710. The van der Waals surface area contributed by atoms with Crippen LogP contribution < -0.4 is 21.3 Å². The fraction of sp³-hybridized carbons (Fsp3) is 0.281. The standard InChI is InChI=1S/C32H32F3N3O5/c1-20-9-6-13-26(34)24(20)17-37-21(2)29(23-11-7-14-28(42-3)30(23)35)31(40)38(32(37)41)18-27(36-15-8-16-43-19-39)22-10-4-5-12-25(22)33/h4-7,9-14,19,27,36H,8,15-18H2,1-3H3/t27-/m0/s1. The molecule has 43 heavy (non-hydrogen) atoms. The second-order valence-electron chi connectivity index (χ2n) is 9.95. The van der Waals surface area contributed by atoms with Crippen molar-refractivity contribution in [2.45, 2.75) is 39.4 Å². The number of halogens is 3. The first kappa shape index (κ1) is 31.3. The second kappa shape index (κ2) is 14.0. The highest BCUT2D eigenvalue weighted by molar-refractivity contribution is 5.67. The maximum atomic E-state index is 15.6. The summed E-state index contributed by atoms with van der Waals surface area (Å²) in [6.07, 6.45) is 0.379. The van der Waals surface area contributed by atoms with Gasteiger partial charge in [0.25, 0.3) is 12.0 Å². The summed E-state index contributed by atoms with van der Waals surface area (Å²) in [7, 11) is 1.29. The summed E-state index contributed by atoms with van der Waals surface area (Å²) in [6, 6.07) is 13.9.